The lowest BCUT2D eigenvalue weighted by molar-refractivity contribution is 0.0583. The summed E-state index contributed by atoms with van der Waals surface area (Å²) < 4.78 is 11.2. The Hall–Kier alpha value is -3.76. The largest absolute Gasteiger partial charge is 0.495 e. The molecule has 0 unspecified atom stereocenters. The molecule has 8 heteroatoms. The Morgan fingerprint density at radius 2 is 1.94 bits per heavy atom. The molecule has 1 amide bonds. The van der Waals surface area contributed by atoms with Gasteiger partial charge in [0.05, 0.1) is 36.8 Å². The van der Waals surface area contributed by atoms with Gasteiger partial charge >= 0.3 is 6.09 Å². The molecule has 0 spiro atoms. The molecule has 0 aliphatic rings. The van der Waals surface area contributed by atoms with E-state index < -0.39 is 11.7 Å². The molecular weight excluding hydrogens is 440 g/mol. The number of methoxy groups -OCH3 is 1. The molecule has 2 aromatic carbocycles. The Kier molecular flexibility index (Phi) is 6.80. The molecule has 1 aromatic heterocycles. The number of fused-ring (bicyclic) bond motifs is 1. The number of benzene rings is 2. The predicted octanol–water partition coefficient (Wildman–Crippen LogP) is 5.97. The molecule has 0 saturated carbocycles. The molecule has 0 saturated heterocycles. The van der Waals surface area contributed by atoms with Crippen LogP contribution in [0.2, 0.25) is 5.15 Å². The molecule has 0 bridgehead atoms. The molecule has 0 aliphatic heterocycles. The van der Waals surface area contributed by atoms with E-state index in [4.69, 9.17) is 26.8 Å². The van der Waals surface area contributed by atoms with Gasteiger partial charge in [0, 0.05) is 16.5 Å². The van der Waals surface area contributed by atoms with Crippen molar-refractivity contribution >= 4 is 39.8 Å². The number of halogens is 1. The van der Waals surface area contributed by atoms with Gasteiger partial charge in [-0.25, -0.2) is 9.78 Å². The van der Waals surface area contributed by atoms with Gasteiger partial charge in [0.1, 0.15) is 11.4 Å². The van der Waals surface area contributed by atoms with E-state index in [1.54, 1.807) is 39.0 Å². The third-order valence-electron chi connectivity index (χ3n) is 4.74. The highest BCUT2D eigenvalue weighted by atomic mass is 35.5. The van der Waals surface area contributed by atoms with Gasteiger partial charge < -0.3 is 15.2 Å². The van der Waals surface area contributed by atoms with E-state index >= 15 is 0 Å². The zero-order valence-corrected chi connectivity index (χ0v) is 19.7. The van der Waals surface area contributed by atoms with Crippen molar-refractivity contribution in [1.82, 2.24) is 4.98 Å². The van der Waals surface area contributed by atoms with E-state index in [0.717, 1.165) is 10.9 Å². The Morgan fingerprint density at radius 1 is 1.24 bits per heavy atom. The van der Waals surface area contributed by atoms with Crippen molar-refractivity contribution in [3.8, 4) is 23.1 Å². The minimum absolute atomic E-state index is 0.0585. The van der Waals surface area contributed by atoms with E-state index in [2.05, 4.69) is 11.6 Å². The van der Waals surface area contributed by atoms with Gasteiger partial charge in [0.15, 0.2) is 5.15 Å². The number of nitriles is 1. The van der Waals surface area contributed by atoms with Crippen LogP contribution in [-0.4, -0.2) is 30.3 Å². The Labute approximate surface area is 198 Å². The normalized spacial score (nSPS) is 11.0. The summed E-state index contributed by atoms with van der Waals surface area (Å²) in [5.74, 6) is 0.444. The van der Waals surface area contributed by atoms with Gasteiger partial charge in [0.2, 0.25) is 0 Å². The molecular formula is C25H25ClN4O3. The average Bonchev–Trinajstić information content (AvgIpc) is 2.76. The van der Waals surface area contributed by atoms with Crippen LogP contribution in [0.25, 0.3) is 22.0 Å². The molecule has 0 fully saturated rings. The zero-order chi connectivity index (χ0) is 24.3. The quantitative estimate of drug-likeness (QED) is 0.368. The highest BCUT2D eigenvalue weighted by molar-refractivity contribution is 6.31. The SMILES string of the molecule is C=C(C#N)CN(C(=O)OC(C)(C)C)c1c(OC)ccc2ccc(-c3ccc(N)c(Cl)n3)cc12. The van der Waals surface area contributed by atoms with Crippen LogP contribution in [0, 0.1) is 11.3 Å². The predicted molar refractivity (Wildman–Crippen MR) is 131 cm³/mol. The Morgan fingerprint density at radius 3 is 2.55 bits per heavy atom. The van der Waals surface area contributed by atoms with Gasteiger partial charge in [-0.15, -0.1) is 0 Å². The Bertz CT molecular complexity index is 1280. The number of carbonyl (C=O) groups excluding carboxylic acids is 1. The number of ether oxygens (including phenoxy) is 2. The number of nitrogens with zero attached hydrogens (tertiary/aromatic N) is 3. The summed E-state index contributed by atoms with van der Waals surface area (Å²) in [5.41, 5.74) is 7.49. The molecule has 0 atom stereocenters. The van der Waals surface area contributed by atoms with Crippen LogP contribution in [0.5, 0.6) is 5.75 Å². The standard InChI is InChI=1S/C25H25ClN4O3/c1-15(13-27)14-30(24(31)33-25(2,3)4)22-18-12-17(20-10-9-19(28)23(26)29-20)7-6-16(18)8-11-21(22)32-5/h6-12H,1,14,28H2,2-5H3. The summed E-state index contributed by atoms with van der Waals surface area (Å²) in [7, 11) is 1.52. The fourth-order valence-electron chi connectivity index (χ4n) is 3.27. The second kappa shape index (κ2) is 9.39. The molecule has 7 nitrogen and oxygen atoms in total. The van der Waals surface area contributed by atoms with Gasteiger partial charge in [-0.3, -0.25) is 4.90 Å². The number of nitrogens with two attached hydrogens (primary N) is 1. The molecule has 170 valence electrons. The number of nitrogen functional groups attached to an aromatic ring is 1. The minimum Gasteiger partial charge on any atom is -0.495 e. The van der Waals surface area contributed by atoms with Crippen LogP contribution in [0.15, 0.2) is 54.6 Å². The van der Waals surface area contributed by atoms with Crippen molar-refractivity contribution in [3.05, 3.63) is 59.8 Å². The van der Waals surface area contributed by atoms with Crippen LogP contribution < -0.4 is 15.4 Å². The molecule has 1 heterocycles. The van der Waals surface area contributed by atoms with Crippen LogP contribution in [0.4, 0.5) is 16.2 Å². The number of hydrogen-bond acceptors (Lipinski definition) is 6. The summed E-state index contributed by atoms with van der Waals surface area (Å²) >= 11 is 6.12. The maximum Gasteiger partial charge on any atom is 0.415 e. The number of aromatic nitrogens is 1. The second-order valence-corrected chi connectivity index (χ2v) is 8.77. The molecule has 3 rings (SSSR count). The highest BCUT2D eigenvalue weighted by Gasteiger charge is 2.28. The second-order valence-electron chi connectivity index (χ2n) is 8.41. The summed E-state index contributed by atoms with van der Waals surface area (Å²) in [6.45, 7) is 9.01. The maximum atomic E-state index is 13.2. The molecule has 2 N–H and O–H groups in total. The fourth-order valence-corrected chi connectivity index (χ4v) is 3.42. The lowest BCUT2D eigenvalue weighted by Crippen LogP contribution is -2.38. The van der Waals surface area contributed by atoms with Gasteiger partial charge in [-0.1, -0.05) is 36.4 Å². The molecule has 0 radical (unpaired) electrons. The Balaban J connectivity index is 2.25. The maximum absolute atomic E-state index is 13.2. The number of pyridine rings is 1. The van der Waals surface area contributed by atoms with Crippen molar-refractivity contribution in [3.63, 3.8) is 0 Å². The summed E-state index contributed by atoms with van der Waals surface area (Å²) in [6, 6.07) is 14.8. The highest BCUT2D eigenvalue weighted by Crippen LogP contribution is 2.39. The zero-order valence-electron chi connectivity index (χ0n) is 19.0. The first-order valence-corrected chi connectivity index (χ1v) is 10.5. The van der Waals surface area contributed by atoms with Crippen molar-refractivity contribution in [2.45, 2.75) is 26.4 Å². The van der Waals surface area contributed by atoms with Crippen LogP contribution in [-0.2, 0) is 4.74 Å². The minimum atomic E-state index is -0.739. The van der Waals surface area contributed by atoms with Crippen molar-refractivity contribution < 1.29 is 14.3 Å². The third-order valence-corrected chi connectivity index (χ3v) is 5.04. The van der Waals surface area contributed by atoms with Crippen molar-refractivity contribution in [1.29, 1.82) is 5.26 Å². The molecule has 3 aromatic rings. The number of carbonyl (C=O) groups is 1. The van der Waals surface area contributed by atoms with E-state index in [0.29, 0.717) is 28.2 Å². The first kappa shape index (κ1) is 23.9. The smallest absolute Gasteiger partial charge is 0.415 e. The van der Waals surface area contributed by atoms with Gasteiger partial charge in [-0.05, 0) is 50.4 Å². The van der Waals surface area contributed by atoms with Crippen molar-refractivity contribution in [2.75, 3.05) is 24.3 Å². The average molecular weight is 465 g/mol. The number of anilines is 2. The van der Waals surface area contributed by atoms with Gasteiger partial charge in [0.25, 0.3) is 0 Å². The lowest BCUT2D eigenvalue weighted by atomic mass is 10.0. The number of hydrogen-bond donors (Lipinski definition) is 1. The van der Waals surface area contributed by atoms with E-state index in [1.807, 2.05) is 30.3 Å². The number of rotatable bonds is 5. The van der Waals surface area contributed by atoms with Crippen molar-refractivity contribution in [2.24, 2.45) is 0 Å². The van der Waals surface area contributed by atoms with Crippen LogP contribution in [0.3, 0.4) is 0 Å². The van der Waals surface area contributed by atoms with Gasteiger partial charge in [-0.2, -0.15) is 5.26 Å². The topological polar surface area (TPSA) is 101 Å². The number of amides is 1. The summed E-state index contributed by atoms with van der Waals surface area (Å²) in [5, 5.41) is 11.1. The van der Waals surface area contributed by atoms with Crippen LogP contribution in [0.1, 0.15) is 20.8 Å². The summed E-state index contributed by atoms with van der Waals surface area (Å²) in [6.07, 6.45) is -0.622. The first-order valence-electron chi connectivity index (χ1n) is 10.2. The van der Waals surface area contributed by atoms with Crippen LogP contribution >= 0.6 is 11.6 Å². The van der Waals surface area contributed by atoms with E-state index in [-0.39, 0.29) is 17.3 Å². The first-order chi connectivity index (χ1) is 15.5. The molecule has 0 aliphatic carbocycles. The van der Waals surface area contributed by atoms with E-state index in [9.17, 15) is 10.1 Å². The third kappa shape index (κ3) is 5.36. The lowest BCUT2D eigenvalue weighted by Gasteiger charge is -2.29. The molecule has 33 heavy (non-hydrogen) atoms. The van der Waals surface area contributed by atoms with E-state index in [1.165, 1.54) is 12.0 Å². The summed E-state index contributed by atoms with van der Waals surface area (Å²) in [4.78, 5) is 18.9. The fraction of sp³-hybridized carbons (Fsp3) is 0.240. The monoisotopic (exact) mass is 464 g/mol.